The molecule has 0 bridgehead atoms. The molecule has 0 radical (unpaired) electrons. The van der Waals surface area contributed by atoms with Crippen molar-refractivity contribution >= 4 is 10.9 Å². The van der Waals surface area contributed by atoms with Crippen LogP contribution < -0.4 is 0 Å². The van der Waals surface area contributed by atoms with Gasteiger partial charge in [-0.2, -0.15) is 5.26 Å². The molecule has 1 atom stereocenters. The van der Waals surface area contributed by atoms with Crippen LogP contribution in [-0.2, 0) is 6.54 Å². The minimum Gasteiger partial charge on any atom is -0.347 e. The molecule has 0 saturated heterocycles. The number of nitrogens with zero attached hydrogens (tertiary/aromatic N) is 2. The lowest BCUT2D eigenvalue weighted by molar-refractivity contribution is 0.560. The number of para-hydroxylation sites is 1. The van der Waals surface area contributed by atoms with Gasteiger partial charge in [-0.25, -0.2) is 0 Å². The van der Waals surface area contributed by atoms with Gasteiger partial charge in [-0.05, 0) is 37.3 Å². The summed E-state index contributed by atoms with van der Waals surface area (Å²) >= 11 is 0. The molecule has 0 amide bonds. The lowest BCUT2D eigenvalue weighted by Crippen LogP contribution is -1.98. The zero-order valence-corrected chi connectivity index (χ0v) is 9.56. The van der Waals surface area contributed by atoms with Crippen LogP contribution in [0.3, 0.4) is 0 Å². The summed E-state index contributed by atoms with van der Waals surface area (Å²) in [4.78, 5) is 0. The van der Waals surface area contributed by atoms with E-state index in [1.165, 1.54) is 10.9 Å². The summed E-state index contributed by atoms with van der Waals surface area (Å²) in [5.74, 6) is 0.168. The third kappa shape index (κ3) is 2.25. The van der Waals surface area contributed by atoms with Crippen LogP contribution >= 0.6 is 0 Å². The van der Waals surface area contributed by atoms with E-state index in [0.717, 1.165) is 19.4 Å². The van der Waals surface area contributed by atoms with Crippen LogP contribution in [0.1, 0.15) is 19.8 Å². The van der Waals surface area contributed by atoms with Gasteiger partial charge in [-0.1, -0.05) is 18.2 Å². The maximum Gasteiger partial charge on any atom is 0.0652 e. The highest BCUT2D eigenvalue weighted by Gasteiger charge is 2.02. The van der Waals surface area contributed by atoms with Gasteiger partial charge in [0, 0.05) is 24.2 Å². The van der Waals surface area contributed by atoms with E-state index in [0.29, 0.717) is 0 Å². The fourth-order valence-electron chi connectivity index (χ4n) is 1.97. The number of hydrogen-bond acceptors (Lipinski definition) is 1. The number of fused-ring (bicyclic) bond motifs is 1. The molecule has 1 heterocycles. The SMILES string of the molecule is CC(C#N)CCCn1ccc2ccccc21. The van der Waals surface area contributed by atoms with Crippen LogP contribution in [0.5, 0.6) is 0 Å². The Morgan fingerprint density at radius 2 is 2.12 bits per heavy atom. The fraction of sp³-hybridized carbons (Fsp3) is 0.357. The maximum absolute atomic E-state index is 8.71. The first-order valence-corrected chi connectivity index (χ1v) is 5.75. The van der Waals surface area contributed by atoms with Crippen LogP contribution in [0.15, 0.2) is 36.5 Å². The Labute approximate surface area is 96.1 Å². The molecular formula is C14H16N2. The van der Waals surface area contributed by atoms with Crippen molar-refractivity contribution in [2.75, 3.05) is 0 Å². The van der Waals surface area contributed by atoms with Gasteiger partial charge in [-0.3, -0.25) is 0 Å². The standard InChI is InChI=1S/C14H16N2/c1-12(11-15)5-4-9-16-10-8-13-6-2-3-7-14(13)16/h2-3,6-8,10,12H,4-5,9H2,1H3. The Morgan fingerprint density at radius 1 is 1.31 bits per heavy atom. The van der Waals surface area contributed by atoms with Crippen LogP contribution in [-0.4, -0.2) is 4.57 Å². The molecule has 0 spiro atoms. The van der Waals surface area contributed by atoms with E-state index in [-0.39, 0.29) is 5.92 Å². The highest BCUT2D eigenvalue weighted by atomic mass is 14.9. The summed E-state index contributed by atoms with van der Waals surface area (Å²) in [5, 5.41) is 9.99. The maximum atomic E-state index is 8.71. The fourth-order valence-corrected chi connectivity index (χ4v) is 1.97. The topological polar surface area (TPSA) is 28.7 Å². The molecule has 0 aliphatic rings. The van der Waals surface area contributed by atoms with Gasteiger partial charge in [0.1, 0.15) is 0 Å². The molecule has 1 aromatic carbocycles. The first-order chi connectivity index (χ1) is 7.81. The first-order valence-electron chi connectivity index (χ1n) is 5.75. The van der Waals surface area contributed by atoms with Gasteiger partial charge >= 0.3 is 0 Å². The monoisotopic (exact) mass is 212 g/mol. The molecule has 0 N–H and O–H groups in total. The Bertz CT molecular complexity index is 505. The van der Waals surface area contributed by atoms with Crippen molar-refractivity contribution in [2.24, 2.45) is 5.92 Å². The minimum absolute atomic E-state index is 0.168. The average Bonchev–Trinajstić information content (AvgIpc) is 2.73. The molecular weight excluding hydrogens is 196 g/mol. The van der Waals surface area contributed by atoms with E-state index >= 15 is 0 Å². The number of aryl methyl sites for hydroxylation is 1. The summed E-state index contributed by atoms with van der Waals surface area (Å²) in [5.41, 5.74) is 1.28. The Kier molecular flexibility index (Phi) is 3.26. The van der Waals surface area contributed by atoms with E-state index in [1.54, 1.807) is 0 Å². The van der Waals surface area contributed by atoms with Crippen LogP contribution in [0.25, 0.3) is 10.9 Å². The Hall–Kier alpha value is -1.75. The zero-order valence-electron chi connectivity index (χ0n) is 9.56. The number of aromatic nitrogens is 1. The molecule has 0 aliphatic heterocycles. The van der Waals surface area contributed by atoms with Crippen molar-refractivity contribution < 1.29 is 0 Å². The van der Waals surface area contributed by atoms with E-state index in [4.69, 9.17) is 5.26 Å². The second-order valence-corrected chi connectivity index (χ2v) is 4.24. The number of rotatable bonds is 4. The lowest BCUT2D eigenvalue weighted by Gasteiger charge is -2.06. The highest BCUT2D eigenvalue weighted by Crippen LogP contribution is 2.16. The summed E-state index contributed by atoms with van der Waals surface area (Å²) in [6.07, 6.45) is 4.16. The first kappa shape index (κ1) is 10.8. The van der Waals surface area contributed by atoms with Gasteiger partial charge in [0.05, 0.1) is 6.07 Å². The van der Waals surface area contributed by atoms with E-state index in [1.807, 2.05) is 6.92 Å². The molecule has 1 unspecified atom stereocenters. The number of benzene rings is 1. The molecule has 0 saturated carbocycles. The molecule has 2 aromatic rings. The molecule has 2 nitrogen and oxygen atoms in total. The second kappa shape index (κ2) is 4.85. The molecule has 0 aliphatic carbocycles. The summed E-state index contributed by atoms with van der Waals surface area (Å²) in [6, 6.07) is 12.8. The normalized spacial score (nSPS) is 12.5. The average molecular weight is 212 g/mol. The molecule has 2 heteroatoms. The van der Waals surface area contributed by atoms with Crippen LogP contribution in [0, 0.1) is 17.2 Å². The van der Waals surface area contributed by atoms with Crippen molar-refractivity contribution in [2.45, 2.75) is 26.3 Å². The smallest absolute Gasteiger partial charge is 0.0652 e. The molecule has 16 heavy (non-hydrogen) atoms. The summed E-state index contributed by atoms with van der Waals surface area (Å²) in [7, 11) is 0. The molecule has 1 aromatic heterocycles. The summed E-state index contributed by atoms with van der Waals surface area (Å²) < 4.78 is 2.26. The van der Waals surface area contributed by atoms with Crippen molar-refractivity contribution in [3.05, 3.63) is 36.5 Å². The largest absolute Gasteiger partial charge is 0.347 e. The van der Waals surface area contributed by atoms with Gasteiger partial charge < -0.3 is 4.57 Å². The predicted octanol–water partition coefficient (Wildman–Crippen LogP) is 3.58. The second-order valence-electron chi connectivity index (χ2n) is 4.24. The van der Waals surface area contributed by atoms with Gasteiger partial charge in [0.15, 0.2) is 0 Å². The Morgan fingerprint density at radius 3 is 2.94 bits per heavy atom. The van der Waals surface area contributed by atoms with E-state index in [9.17, 15) is 0 Å². The van der Waals surface area contributed by atoms with Crippen LogP contribution in [0.4, 0.5) is 0 Å². The highest BCUT2D eigenvalue weighted by molar-refractivity contribution is 5.79. The third-order valence-corrected chi connectivity index (χ3v) is 2.94. The van der Waals surface area contributed by atoms with Crippen LogP contribution in [0.2, 0.25) is 0 Å². The quantitative estimate of drug-likeness (QED) is 0.761. The predicted molar refractivity (Wildman–Crippen MR) is 65.9 cm³/mol. The number of nitriles is 1. The van der Waals surface area contributed by atoms with E-state index < -0.39 is 0 Å². The third-order valence-electron chi connectivity index (χ3n) is 2.94. The van der Waals surface area contributed by atoms with Gasteiger partial charge in [-0.15, -0.1) is 0 Å². The minimum atomic E-state index is 0.168. The van der Waals surface area contributed by atoms with Crippen molar-refractivity contribution in [1.29, 1.82) is 5.26 Å². The molecule has 0 fully saturated rings. The Balaban J connectivity index is 2.02. The zero-order chi connectivity index (χ0) is 11.4. The van der Waals surface area contributed by atoms with Gasteiger partial charge in [0.25, 0.3) is 0 Å². The van der Waals surface area contributed by atoms with Crippen molar-refractivity contribution in [1.82, 2.24) is 4.57 Å². The molecule has 2 rings (SSSR count). The number of hydrogen-bond donors (Lipinski definition) is 0. The van der Waals surface area contributed by atoms with Gasteiger partial charge in [0.2, 0.25) is 0 Å². The van der Waals surface area contributed by atoms with Crippen molar-refractivity contribution in [3.8, 4) is 6.07 Å². The summed E-state index contributed by atoms with van der Waals surface area (Å²) in [6.45, 7) is 2.98. The molecule has 82 valence electrons. The van der Waals surface area contributed by atoms with Crippen molar-refractivity contribution in [3.63, 3.8) is 0 Å². The lowest BCUT2D eigenvalue weighted by atomic mass is 10.1. The van der Waals surface area contributed by atoms with E-state index in [2.05, 4.69) is 47.2 Å².